The first-order valence-electron chi connectivity index (χ1n) is 7.34. The van der Waals surface area contributed by atoms with Gasteiger partial charge < -0.3 is 9.30 Å². The normalized spacial score (nSPS) is 12.5. The summed E-state index contributed by atoms with van der Waals surface area (Å²) in [6.45, 7) is 4.25. The molecular formula is C16H18BrN5O. The van der Waals surface area contributed by atoms with Crippen molar-refractivity contribution >= 4 is 27.5 Å². The van der Waals surface area contributed by atoms with Crippen LogP contribution in [0.25, 0.3) is 5.65 Å². The van der Waals surface area contributed by atoms with Gasteiger partial charge in [0.2, 0.25) is 5.91 Å². The molecule has 3 aromatic rings. The van der Waals surface area contributed by atoms with Crippen molar-refractivity contribution in [2.45, 2.75) is 26.4 Å². The van der Waals surface area contributed by atoms with E-state index in [1.54, 1.807) is 22.8 Å². The zero-order valence-corrected chi connectivity index (χ0v) is 14.9. The Morgan fingerprint density at radius 1 is 1.43 bits per heavy atom. The summed E-state index contributed by atoms with van der Waals surface area (Å²) in [5.41, 5.74) is 2.67. The van der Waals surface area contributed by atoms with Gasteiger partial charge in [0.25, 0.3) is 0 Å². The van der Waals surface area contributed by atoms with Gasteiger partial charge in [-0.15, -0.1) is 0 Å². The third-order valence-corrected chi connectivity index (χ3v) is 4.68. The van der Waals surface area contributed by atoms with Crippen molar-refractivity contribution in [3.63, 3.8) is 0 Å². The lowest BCUT2D eigenvalue weighted by Crippen LogP contribution is -2.33. The van der Waals surface area contributed by atoms with Gasteiger partial charge in [0.1, 0.15) is 11.7 Å². The van der Waals surface area contributed by atoms with Crippen LogP contribution < -0.4 is 0 Å². The first kappa shape index (κ1) is 15.7. The number of fused-ring (bicyclic) bond motifs is 1. The van der Waals surface area contributed by atoms with Gasteiger partial charge in [-0.2, -0.15) is 5.10 Å². The van der Waals surface area contributed by atoms with Crippen molar-refractivity contribution in [2.24, 2.45) is 0 Å². The minimum absolute atomic E-state index is 0.000700. The van der Waals surface area contributed by atoms with Gasteiger partial charge >= 0.3 is 0 Å². The molecule has 0 aliphatic heterocycles. The molecule has 3 heterocycles. The molecule has 0 aliphatic rings. The number of halogens is 1. The quantitative estimate of drug-likeness (QED) is 0.704. The van der Waals surface area contributed by atoms with Crippen molar-refractivity contribution in [3.05, 3.63) is 52.7 Å². The molecule has 0 bridgehead atoms. The fourth-order valence-corrected chi connectivity index (χ4v) is 2.87. The van der Waals surface area contributed by atoms with Gasteiger partial charge in [0, 0.05) is 19.4 Å². The molecule has 1 atom stereocenters. The molecule has 3 aromatic heterocycles. The van der Waals surface area contributed by atoms with E-state index in [0.717, 1.165) is 21.5 Å². The lowest BCUT2D eigenvalue weighted by atomic mass is 10.2. The molecule has 0 aliphatic carbocycles. The summed E-state index contributed by atoms with van der Waals surface area (Å²) in [5, 5.41) is 4.26. The van der Waals surface area contributed by atoms with Crippen molar-refractivity contribution in [1.82, 2.24) is 24.1 Å². The van der Waals surface area contributed by atoms with E-state index in [1.807, 2.05) is 48.8 Å². The Morgan fingerprint density at radius 2 is 2.22 bits per heavy atom. The Hall–Kier alpha value is -2.15. The van der Waals surface area contributed by atoms with Crippen molar-refractivity contribution in [1.29, 1.82) is 0 Å². The second-order valence-electron chi connectivity index (χ2n) is 5.59. The van der Waals surface area contributed by atoms with Gasteiger partial charge in [-0.05, 0) is 41.9 Å². The third-order valence-electron chi connectivity index (χ3n) is 3.90. The molecule has 0 aromatic carbocycles. The standard InChI is InChI=1S/C16H18BrN5O/c1-11-14(17)8-18-22(11)12(2)16(23)20(3)9-13-10-21-7-5-4-6-15(21)19-13/h4-8,10,12H,9H2,1-3H3. The predicted molar refractivity (Wildman–Crippen MR) is 91.0 cm³/mol. The van der Waals surface area contributed by atoms with E-state index >= 15 is 0 Å². The van der Waals surface area contributed by atoms with E-state index in [0.29, 0.717) is 6.54 Å². The maximum Gasteiger partial charge on any atom is 0.247 e. The monoisotopic (exact) mass is 375 g/mol. The highest BCUT2D eigenvalue weighted by Gasteiger charge is 2.22. The van der Waals surface area contributed by atoms with Crippen LogP contribution in [0.4, 0.5) is 0 Å². The minimum Gasteiger partial charge on any atom is -0.338 e. The van der Waals surface area contributed by atoms with E-state index in [-0.39, 0.29) is 11.9 Å². The fraction of sp³-hybridized carbons (Fsp3) is 0.312. The molecule has 6 nitrogen and oxygen atoms in total. The van der Waals surface area contributed by atoms with Crippen LogP contribution in [-0.4, -0.2) is 37.0 Å². The molecule has 120 valence electrons. The smallest absolute Gasteiger partial charge is 0.247 e. The molecule has 0 fully saturated rings. The minimum atomic E-state index is -0.358. The average Bonchev–Trinajstić information content (AvgIpc) is 3.09. The fourth-order valence-electron chi connectivity index (χ4n) is 2.60. The maximum atomic E-state index is 12.6. The van der Waals surface area contributed by atoms with Gasteiger partial charge in [-0.25, -0.2) is 4.98 Å². The number of rotatable bonds is 4. The van der Waals surface area contributed by atoms with Crippen molar-refractivity contribution in [2.75, 3.05) is 7.05 Å². The number of carbonyl (C=O) groups excluding carboxylic acids is 1. The second-order valence-corrected chi connectivity index (χ2v) is 6.45. The largest absolute Gasteiger partial charge is 0.338 e. The molecule has 1 unspecified atom stereocenters. The molecule has 0 radical (unpaired) electrons. The summed E-state index contributed by atoms with van der Waals surface area (Å²) in [4.78, 5) is 18.8. The molecule has 23 heavy (non-hydrogen) atoms. The van der Waals surface area contributed by atoms with Crippen LogP contribution in [0.1, 0.15) is 24.4 Å². The average molecular weight is 376 g/mol. The number of nitrogens with zero attached hydrogens (tertiary/aromatic N) is 5. The highest BCUT2D eigenvalue weighted by atomic mass is 79.9. The number of imidazole rings is 1. The topological polar surface area (TPSA) is 55.4 Å². The van der Waals surface area contributed by atoms with Gasteiger partial charge in [0.05, 0.1) is 28.6 Å². The SMILES string of the molecule is Cc1c(Br)cnn1C(C)C(=O)N(C)Cc1cn2ccccc2n1. The Kier molecular flexibility index (Phi) is 4.21. The van der Waals surface area contributed by atoms with Gasteiger partial charge in [0.15, 0.2) is 0 Å². The molecule has 0 spiro atoms. The summed E-state index contributed by atoms with van der Waals surface area (Å²) in [6.07, 6.45) is 5.60. The van der Waals surface area contributed by atoms with E-state index in [2.05, 4.69) is 26.0 Å². The molecular weight excluding hydrogens is 358 g/mol. The molecule has 3 rings (SSSR count). The number of likely N-dealkylation sites (N-methyl/N-ethyl adjacent to an activating group) is 1. The first-order chi connectivity index (χ1) is 11.0. The van der Waals surface area contributed by atoms with Crippen LogP contribution in [-0.2, 0) is 11.3 Å². The van der Waals surface area contributed by atoms with Gasteiger partial charge in [-0.3, -0.25) is 9.48 Å². The highest BCUT2D eigenvalue weighted by molar-refractivity contribution is 9.10. The number of pyridine rings is 1. The Morgan fingerprint density at radius 3 is 2.87 bits per heavy atom. The second kappa shape index (κ2) is 6.16. The van der Waals surface area contributed by atoms with Crippen LogP contribution in [0.15, 0.2) is 41.3 Å². The first-order valence-corrected chi connectivity index (χ1v) is 8.14. The van der Waals surface area contributed by atoms with Crippen molar-refractivity contribution < 1.29 is 4.79 Å². The Labute approximate surface area is 142 Å². The Bertz CT molecular complexity index is 820. The number of carbonyl (C=O) groups is 1. The number of aromatic nitrogens is 4. The number of hydrogen-bond acceptors (Lipinski definition) is 3. The molecule has 0 saturated heterocycles. The van der Waals surface area contributed by atoms with Crippen LogP contribution in [0.3, 0.4) is 0 Å². The highest BCUT2D eigenvalue weighted by Crippen LogP contribution is 2.20. The number of amides is 1. The maximum absolute atomic E-state index is 12.6. The molecule has 0 N–H and O–H groups in total. The predicted octanol–water partition coefficient (Wildman–Crippen LogP) is 2.82. The van der Waals surface area contributed by atoms with E-state index in [4.69, 9.17) is 0 Å². The lowest BCUT2D eigenvalue weighted by molar-refractivity contribution is -0.133. The van der Waals surface area contributed by atoms with Crippen molar-refractivity contribution in [3.8, 4) is 0 Å². The van der Waals surface area contributed by atoms with E-state index < -0.39 is 0 Å². The van der Waals surface area contributed by atoms with E-state index in [1.165, 1.54) is 0 Å². The zero-order chi connectivity index (χ0) is 16.6. The lowest BCUT2D eigenvalue weighted by Gasteiger charge is -2.21. The third kappa shape index (κ3) is 3.01. The summed E-state index contributed by atoms with van der Waals surface area (Å²) >= 11 is 3.42. The summed E-state index contributed by atoms with van der Waals surface area (Å²) in [5.74, 6) is 0.000700. The summed E-state index contributed by atoms with van der Waals surface area (Å²) < 4.78 is 4.58. The molecule has 1 amide bonds. The summed E-state index contributed by atoms with van der Waals surface area (Å²) in [7, 11) is 1.79. The van der Waals surface area contributed by atoms with Crippen LogP contribution >= 0.6 is 15.9 Å². The van der Waals surface area contributed by atoms with Crippen LogP contribution in [0.5, 0.6) is 0 Å². The van der Waals surface area contributed by atoms with Crippen LogP contribution in [0, 0.1) is 6.92 Å². The molecule has 7 heteroatoms. The van der Waals surface area contributed by atoms with Crippen LogP contribution in [0.2, 0.25) is 0 Å². The zero-order valence-electron chi connectivity index (χ0n) is 13.3. The molecule has 0 saturated carbocycles. The Balaban J connectivity index is 1.75. The van der Waals surface area contributed by atoms with Gasteiger partial charge in [-0.1, -0.05) is 6.07 Å². The van der Waals surface area contributed by atoms with E-state index in [9.17, 15) is 4.79 Å². The number of hydrogen-bond donors (Lipinski definition) is 0. The summed E-state index contributed by atoms with van der Waals surface area (Å²) in [6, 6.07) is 5.48.